The van der Waals surface area contributed by atoms with Crippen LogP contribution < -0.4 is 10.1 Å². The highest BCUT2D eigenvalue weighted by Gasteiger charge is 2.19. The molecular formula is C10H13I2NO. The van der Waals surface area contributed by atoms with Gasteiger partial charge in [0.1, 0.15) is 5.75 Å². The van der Waals surface area contributed by atoms with E-state index in [9.17, 15) is 0 Å². The smallest absolute Gasteiger partial charge is 0.167 e. The van der Waals surface area contributed by atoms with E-state index in [0.29, 0.717) is 0 Å². The van der Waals surface area contributed by atoms with Gasteiger partial charge in [-0.3, -0.25) is 0 Å². The summed E-state index contributed by atoms with van der Waals surface area (Å²) in [5, 5.41) is 3.28. The lowest BCUT2D eigenvalue weighted by Crippen LogP contribution is -2.14. The van der Waals surface area contributed by atoms with Crippen molar-refractivity contribution in [2.45, 2.75) is 27.0 Å². The van der Waals surface area contributed by atoms with Gasteiger partial charge in [-0.1, -0.05) is 6.07 Å². The van der Waals surface area contributed by atoms with Crippen molar-refractivity contribution in [1.82, 2.24) is 0 Å². The Morgan fingerprint density at radius 2 is 1.93 bits per heavy atom. The van der Waals surface area contributed by atoms with Gasteiger partial charge in [0.2, 0.25) is 0 Å². The van der Waals surface area contributed by atoms with E-state index in [4.69, 9.17) is 4.74 Å². The van der Waals surface area contributed by atoms with Gasteiger partial charge < -0.3 is 10.1 Å². The molecule has 0 bridgehead atoms. The predicted molar refractivity (Wildman–Crippen MR) is 77.7 cm³/mol. The second-order valence-electron chi connectivity index (χ2n) is 3.29. The molecule has 1 aromatic carbocycles. The number of halogens is 2. The monoisotopic (exact) mass is 417 g/mol. The van der Waals surface area contributed by atoms with Crippen LogP contribution in [-0.4, -0.2) is 6.23 Å². The van der Waals surface area contributed by atoms with Crippen LogP contribution in [-0.2, 0) is 0 Å². The van der Waals surface area contributed by atoms with Gasteiger partial charge in [0.15, 0.2) is 6.23 Å². The van der Waals surface area contributed by atoms with Crippen molar-refractivity contribution >= 4 is 42.9 Å². The van der Waals surface area contributed by atoms with Crippen molar-refractivity contribution in [3.8, 4) is 5.75 Å². The van der Waals surface area contributed by atoms with Gasteiger partial charge >= 0.3 is 0 Å². The number of anilines is 1. The maximum Gasteiger partial charge on any atom is 0.167 e. The van der Waals surface area contributed by atoms with Crippen LogP contribution in [0.5, 0.6) is 5.75 Å². The van der Waals surface area contributed by atoms with Gasteiger partial charge in [0.25, 0.3) is 0 Å². The number of hydrogen-bond acceptors (Lipinski definition) is 2. The molecule has 0 saturated carbocycles. The minimum Gasteiger partial charge on any atom is -0.469 e. The van der Waals surface area contributed by atoms with E-state index in [-0.39, 0.29) is 6.23 Å². The standard InChI is InChI=1S/C10H13NO.I2/c1-6-4-5-9-10(7(6)2)11-8(3)12-9;1-2/h4-5,8,11H,1-3H3;. The molecular weight excluding hydrogens is 404 g/mol. The maximum absolute atomic E-state index is 5.53. The first-order valence-corrected chi connectivity index (χ1v) is 10.6. The van der Waals surface area contributed by atoms with Crippen molar-refractivity contribution in [3.05, 3.63) is 23.3 Å². The molecule has 2 rings (SSSR count). The van der Waals surface area contributed by atoms with Gasteiger partial charge in [-0.2, -0.15) is 0 Å². The summed E-state index contributed by atoms with van der Waals surface area (Å²) in [6.45, 7) is 6.23. The summed E-state index contributed by atoms with van der Waals surface area (Å²) < 4.78 is 5.53. The van der Waals surface area contributed by atoms with E-state index in [0.717, 1.165) is 11.4 Å². The van der Waals surface area contributed by atoms with Crippen LogP contribution >= 0.6 is 37.2 Å². The molecule has 2 nitrogen and oxygen atoms in total. The molecule has 0 amide bonds. The highest BCUT2D eigenvalue weighted by atomic mass is 128. The molecule has 0 radical (unpaired) electrons. The lowest BCUT2D eigenvalue weighted by molar-refractivity contribution is 0.275. The summed E-state index contributed by atoms with van der Waals surface area (Å²) in [7, 11) is 0. The summed E-state index contributed by atoms with van der Waals surface area (Å²) in [5.74, 6) is 0.977. The Bertz CT molecular complexity index is 328. The van der Waals surface area contributed by atoms with Crippen LogP contribution in [0, 0.1) is 13.8 Å². The maximum atomic E-state index is 5.53. The van der Waals surface area contributed by atoms with Crippen molar-refractivity contribution in [2.24, 2.45) is 0 Å². The number of benzene rings is 1. The summed E-state index contributed by atoms with van der Waals surface area (Å²) in [4.78, 5) is 0. The molecule has 0 fully saturated rings. The molecule has 1 atom stereocenters. The number of rotatable bonds is 0. The van der Waals surface area contributed by atoms with Crippen molar-refractivity contribution in [1.29, 1.82) is 0 Å². The lowest BCUT2D eigenvalue weighted by Gasteiger charge is -2.04. The Balaban J connectivity index is 0.000000461. The summed E-state index contributed by atoms with van der Waals surface area (Å²) in [6, 6.07) is 4.11. The summed E-state index contributed by atoms with van der Waals surface area (Å²) in [6.07, 6.45) is 0.112. The topological polar surface area (TPSA) is 21.3 Å². The fourth-order valence-corrected chi connectivity index (χ4v) is 1.49. The zero-order chi connectivity index (χ0) is 10.7. The molecule has 0 aliphatic carbocycles. The Labute approximate surface area is 108 Å². The quantitative estimate of drug-likeness (QED) is 0.639. The van der Waals surface area contributed by atoms with E-state index in [2.05, 4.69) is 62.5 Å². The molecule has 14 heavy (non-hydrogen) atoms. The zero-order valence-corrected chi connectivity index (χ0v) is 12.7. The molecule has 4 heteroatoms. The molecule has 0 aromatic heterocycles. The highest BCUT2D eigenvalue weighted by molar-refractivity contribution is 15.0. The number of aryl methyl sites for hydroxylation is 1. The van der Waals surface area contributed by atoms with Crippen molar-refractivity contribution < 1.29 is 4.74 Å². The first-order valence-electron chi connectivity index (χ1n) is 4.36. The largest absolute Gasteiger partial charge is 0.469 e. The Hall–Kier alpha value is 0.280. The van der Waals surface area contributed by atoms with E-state index in [1.807, 2.05) is 13.0 Å². The second-order valence-corrected chi connectivity index (χ2v) is 3.29. The van der Waals surface area contributed by atoms with Crippen LogP contribution in [0.3, 0.4) is 0 Å². The number of hydrogen-bond donors (Lipinski definition) is 1. The lowest BCUT2D eigenvalue weighted by atomic mass is 10.1. The third kappa shape index (κ3) is 2.44. The number of nitrogens with one attached hydrogen (secondary N) is 1. The average molecular weight is 417 g/mol. The molecule has 1 aromatic rings. The van der Waals surface area contributed by atoms with E-state index < -0.39 is 0 Å². The van der Waals surface area contributed by atoms with Crippen LogP contribution in [0.25, 0.3) is 0 Å². The van der Waals surface area contributed by atoms with Gasteiger partial charge in [0, 0.05) is 37.2 Å². The van der Waals surface area contributed by atoms with E-state index in [1.165, 1.54) is 11.1 Å². The fourth-order valence-electron chi connectivity index (χ4n) is 1.49. The van der Waals surface area contributed by atoms with Crippen LogP contribution in [0.15, 0.2) is 12.1 Å². The minimum atomic E-state index is 0.112. The Morgan fingerprint density at radius 1 is 1.29 bits per heavy atom. The molecule has 1 aliphatic rings. The predicted octanol–water partition coefficient (Wildman–Crippen LogP) is 4.23. The summed E-state index contributed by atoms with van der Waals surface area (Å²) in [5.41, 5.74) is 3.75. The van der Waals surface area contributed by atoms with Gasteiger partial charge in [-0.15, -0.1) is 0 Å². The third-order valence-corrected chi connectivity index (χ3v) is 2.35. The fraction of sp³-hybridized carbons (Fsp3) is 0.400. The SMILES string of the molecule is Cc1ccc2c(c1C)NC(C)O2.II. The van der Waals surface area contributed by atoms with E-state index in [1.54, 1.807) is 0 Å². The Kier molecular flexibility index (Phi) is 4.75. The average Bonchev–Trinajstić information content (AvgIpc) is 2.57. The molecule has 1 unspecified atom stereocenters. The molecule has 78 valence electrons. The van der Waals surface area contributed by atoms with Gasteiger partial charge in [-0.05, 0) is 38.0 Å². The van der Waals surface area contributed by atoms with Crippen LogP contribution in [0.4, 0.5) is 5.69 Å². The van der Waals surface area contributed by atoms with Crippen LogP contribution in [0.1, 0.15) is 18.1 Å². The molecule has 1 heterocycles. The third-order valence-electron chi connectivity index (χ3n) is 2.35. The van der Waals surface area contributed by atoms with Crippen molar-refractivity contribution in [3.63, 3.8) is 0 Å². The first-order chi connectivity index (χ1) is 6.68. The number of fused-ring (bicyclic) bond motifs is 1. The second kappa shape index (κ2) is 5.39. The van der Waals surface area contributed by atoms with Crippen LogP contribution in [0.2, 0.25) is 0 Å². The van der Waals surface area contributed by atoms with Crippen molar-refractivity contribution in [2.75, 3.05) is 5.32 Å². The zero-order valence-electron chi connectivity index (χ0n) is 8.40. The normalized spacial score (nSPS) is 17.4. The Morgan fingerprint density at radius 3 is 2.57 bits per heavy atom. The molecule has 1 N–H and O–H groups in total. The number of ether oxygens (including phenoxy) is 1. The molecule has 0 saturated heterocycles. The van der Waals surface area contributed by atoms with E-state index >= 15 is 0 Å². The summed E-state index contributed by atoms with van der Waals surface area (Å²) >= 11 is 4.24. The van der Waals surface area contributed by atoms with Gasteiger partial charge in [0.05, 0.1) is 5.69 Å². The minimum absolute atomic E-state index is 0.112. The molecule has 0 spiro atoms. The van der Waals surface area contributed by atoms with Gasteiger partial charge in [-0.25, -0.2) is 0 Å². The highest BCUT2D eigenvalue weighted by Crippen LogP contribution is 2.35. The first kappa shape index (κ1) is 12.4. The molecule has 1 aliphatic heterocycles.